The van der Waals surface area contributed by atoms with E-state index in [2.05, 4.69) is 0 Å². The number of carbonyl (C=O) groups is 3. The van der Waals surface area contributed by atoms with E-state index < -0.39 is 0 Å². The van der Waals surface area contributed by atoms with Gasteiger partial charge in [0.2, 0.25) is 0 Å². The first-order valence-corrected chi connectivity index (χ1v) is 6.97. The number of hydrogen-bond donors (Lipinski definition) is 0. The molecule has 1 rings (SSSR count). The number of ketones is 1. The van der Waals surface area contributed by atoms with Crippen LogP contribution in [0.3, 0.4) is 0 Å². The van der Waals surface area contributed by atoms with Gasteiger partial charge in [0.25, 0.3) is 0 Å². The summed E-state index contributed by atoms with van der Waals surface area (Å²) in [5.41, 5.74) is 0. The highest BCUT2D eigenvalue weighted by molar-refractivity contribution is 5.82. The molecule has 0 saturated heterocycles. The molecule has 0 aromatic heterocycles. The van der Waals surface area contributed by atoms with Crippen LogP contribution in [-0.4, -0.2) is 24.6 Å². The maximum absolute atomic E-state index is 11.9. The maximum atomic E-state index is 11.9. The number of ether oxygens (including phenoxy) is 1. The second-order valence-electron chi connectivity index (χ2n) is 4.87. The molecular weight excluding hydrogens is 244 g/mol. The van der Waals surface area contributed by atoms with Gasteiger partial charge in [-0.2, -0.15) is 0 Å². The molecule has 0 unspecified atom stereocenters. The molecule has 1 saturated carbocycles. The summed E-state index contributed by atoms with van der Waals surface area (Å²) in [6, 6.07) is 0. The van der Waals surface area contributed by atoms with Crippen LogP contribution in [0.5, 0.6) is 0 Å². The topological polar surface area (TPSA) is 60.4 Å². The number of aldehydes is 1. The molecular formula is C15H22O4. The Morgan fingerprint density at radius 1 is 1.47 bits per heavy atom. The van der Waals surface area contributed by atoms with E-state index in [0.717, 1.165) is 19.1 Å². The van der Waals surface area contributed by atoms with Crippen LogP contribution in [0.1, 0.15) is 45.4 Å². The highest BCUT2D eigenvalue weighted by atomic mass is 16.5. The van der Waals surface area contributed by atoms with Crippen LogP contribution in [0.15, 0.2) is 12.2 Å². The number of carbonyl (C=O) groups excluding carboxylic acids is 3. The Bertz CT molecular complexity index is 346. The third kappa shape index (κ3) is 5.37. The summed E-state index contributed by atoms with van der Waals surface area (Å²) in [7, 11) is 0. The Labute approximate surface area is 114 Å². The number of esters is 1. The van der Waals surface area contributed by atoms with Gasteiger partial charge in [0.15, 0.2) is 0 Å². The Hall–Kier alpha value is -1.45. The lowest BCUT2D eigenvalue weighted by atomic mass is 9.74. The van der Waals surface area contributed by atoms with Crippen molar-refractivity contribution in [3.05, 3.63) is 12.2 Å². The monoisotopic (exact) mass is 266 g/mol. The molecule has 0 heterocycles. The highest BCUT2D eigenvalue weighted by Crippen LogP contribution is 2.33. The fourth-order valence-corrected chi connectivity index (χ4v) is 2.67. The van der Waals surface area contributed by atoms with Crippen molar-refractivity contribution < 1.29 is 19.1 Å². The van der Waals surface area contributed by atoms with E-state index in [9.17, 15) is 14.4 Å². The molecule has 0 radical (unpaired) electrons. The minimum Gasteiger partial charge on any atom is -0.466 e. The van der Waals surface area contributed by atoms with Gasteiger partial charge in [-0.1, -0.05) is 6.08 Å². The summed E-state index contributed by atoms with van der Waals surface area (Å²) in [6.45, 7) is 2.18. The molecule has 1 aliphatic rings. The van der Waals surface area contributed by atoms with Crippen LogP contribution in [0.4, 0.5) is 0 Å². The minimum absolute atomic E-state index is 0.0422. The normalized spacial score (nSPS) is 23.5. The first kappa shape index (κ1) is 15.6. The van der Waals surface area contributed by atoms with Crippen molar-refractivity contribution in [3.63, 3.8) is 0 Å². The Kier molecular flexibility index (Phi) is 7.08. The molecule has 0 aromatic carbocycles. The molecule has 0 aromatic rings. The number of Topliss-reactive ketones (excluding diaryl/α,β-unsaturated/α-hetero) is 1. The predicted octanol–water partition coefficient (Wildman–Crippen LogP) is 2.46. The smallest absolute Gasteiger partial charge is 0.305 e. The minimum atomic E-state index is -0.192. The summed E-state index contributed by atoms with van der Waals surface area (Å²) in [4.78, 5) is 33.6. The van der Waals surface area contributed by atoms with Crippen molar-refractivity contribution in [2.45, 2.75) is 45.4 Å². The van der Waals surface area contributed by atoms with Crippen LogP contribution in [-0.2, 0) is 19.1 Å². The lowest BCUT2D eigenvalue weighted by Gasteiger charge is -2.29. The third-order valence-corrected chi connectivity index (χ3v) is 3.61. The van der Waals surface area contributed by atoms with Gasteiger partial charge in [0.05, 0.1) is 6.61 Å². The zero-order valence-corrected chi connectivity index (χ0v) is 11.5. The fourth-order valence-electron chi connectivity index (χ4n) is 2.67. The molecule has 0 aliphatic heterocycles. The van der Waals surface area contributed by atoms with E-state index in [1.807, 2.05) is 0 Å². The average molecular weight is 266 g/mol. The van der Waals surface area contributed by atoms with E-state index in [1.165, 1.54) is 6.08 Å². The summed E-state index contributed by atoms with van der Waals surface area (Å²) in [5.74, 6) is 0.264. The van der Waals surface area contributed by atoms with Crippen molar-refractivity contribution in [1.29, 1.82) is 0 Å². The lowest BCUT2D eigenvalue weighted by Crippen LogP contribution is -2.28. The van der Waals surface area contributed by atoms with Crippen molar-refractivity contribution >= 4 is 18.0 Å². The molecule has 0 amide bonds. The molecule has 19 heavy (non-hydrogen) atoms. The SMILES string of the molecule is CCOC(=O)CC[C@H]1CCCC(=O)[C@@H]1C/C=C/C=O. The molecule has 0 bridgehead atoms. The van der Waals surface area contributed by atoms with Crippen LogP contribution in [0.25, 0.3) is 0 Å². The van der Waals surface area contributed by atoms with Crippen LogP contribution < -0.4 is 0 Å². The largest absolute Gasteiger partial charge is 0.466 e. The van der Waals surface area contributed by atoms with Gasteiger partial charge >= 0.3 is 5.97 Å². The molecule has 0 N–H and O–H groups in total. The number of hydrogen-bond acceptors (Lipinski definition) is 4. The van der Waals surface area contributed by atoms with Gasteiger partial charge in [-0.05, 0) is 44.6 Å². The molecule has 1 aliphatic carbocycles. The van der Waals surface area contributed by atoms with Gasteiger partial charge in [0, 0.05) is 18.8 Å². The van der Waals surface area contributed by atoms with Crippen LogP contribution in [0, 0.1) is 11.8 Å². The van der Waals surface area contributed by atoms with E-state index in [4.69, 9.17) is 4.74 Å². The summed E-state index contributed by atoms with van der Waals surface area (Å²) < 4.78 is 4.91. The molecule has 2 atom stereocenters. The second kappa shape index (κ2) is 8.62. The maximum Gasteiger partial charge on any atom is 0.305 e. The van der Waals surface area contributed by atoms with Crippen molar-refractivity contribution in [2.75, 3.05) is 6.61 Å². The Morgan fingerprint density at radius 3 is 2.95 bits per heavy atom. The quantitative estimate of drug-likeness (QED) is 0.403. The lowest BCUT2D eigenvalue weighted by molar-refractivity contribution is -0.144. The van der Waals surface area contributed by atoms with Gasteiger partial charge < -0.3 is 4.74 Å². The van der Waals surface area contributed by atoms with E-state index in [1.54, 1.807) is 13.0 Å². The van der Waals surface area contributed by atoms with Gasteiger partial charge in [0.1, 0.15) is 12.1 Å². The molecule has 0 spiro atoms. The predicted molar refractivity (Wildman–Crippen MR) is 71.5 cm³/mol. The molecule has 4 heteroatoms. The third-order valence-electron chi connectivity index (χ3n) is 3.61. The fraction of sp³-hybridized carbons (Fsp3) is 0.667. The number of allylic oxidation sites excluding steroid dienone is 2. The summed E-state index contributed by atoms with van der Waals surface area (Å²) in [6.07, 6.45) is 8.08. The molecule has 106 valence electrons. The highest BCUT2D eigenvalue weighted by Gasteiger charge is 2.30. The Morgan fingerprint density at radius 2 is 2.26 bits per heavy atom. The average Bonchev–Trinajstić information content (AvgIpc) is 2.39. The first-order valence-electron chi connectivity index (χ1n) is 6.97. The second-order valence-corrected chi connectivity index (χ2v) is 4.87. The van der Waals surface area contributed by atoms with E-state index in [-0.39, 0.29) is 23.6 Å². The van der Waals surface area contributed by atoms with Crippen LogP contribution >= 0.6 is 0 Å². The van der Waals surface area contributed by atoms with Crippen molar-refractivity contribution in [2.24, 2.45) is 11.8 Å². The van der Waals surface area contributed by atoms with Gasteiger partial charge in [-0.25, -0.2) is 0 Å². The van der Waals surface area contributed by atoms with E-state index in [0.29, 0.717) is 32.3 Å². The van der Waals surface area contributed by atoms with Gasteiger partial charge in [-0.15, -0.1) is 0 Å². The summed E-state index contributed by atoms with van der Waals surface area (Å²) in [5, 5.41) is 0. The first-order chi connectivity index (χ1) is 9.19. The van der Waals surface area contributed by atoms with E-state index >= 15 is 0 Å². The van der Waals surface area contributed by atoms with Crippen LogP contribution in [0.2, 0.25) is 0 Å². The zero-order chi connectivity index (χ0) is 14.1. The summed E-state index contributed by atoms with van der Waals surface area (Å²) >= 11 is 0. The zero-order valence-electron chi connectivity index (χ0n) is 11.5. The standard InChI is InChI=1S/C15H22O4/c1-2-19-15(18)10-9-12-6-5-8-14(17)13(12)7-3-4-11-16/h3-4,11-13H,2,5-10H2,1H3/b4-3+/t12-,13-/m1/s1. The van der Waals surface area contributed by atoms with Crippen molar-refractivity contribution in [1.82, 2.24) is 0 Å². The van der Waals surface area contributed by atoms with Gasteiger partial charge in [-0.3, -0.25) is 14.4 Å². The van der Waals surface area contributed by atoms with Crippen molar-refractivity contribution in [3.8, 4) is 0 Å². The Balaban J connectivity index is 2.51. The molecule has 1 fully saturated rings. The number of rotatable bonds is 7. The molecule has 4 nitrogen and oxygen atoms in total.